The number of nitrogens with one attached hydrogen (secondary N) is 1. The average molecular weight is 453 g/mol. The highest BCUT2D eigenvalue weighted by Gasteiger charge is 2.19. The molecule has 0 aromatic heterocycles. The molecule has 4 N–H and O–H groups in total. The van der Waals surface area contributed by atoms with E-state index in [2.05, 4.69) is 5.32 Å². The predicted molar refractivity (Wildman–Crippen MR) is 132 cm³/mol. The molecule has 0 saturated carbocycles. The van der Waals surface area contributed by atoms with Crippen LogP contribution in [-0.2, 0) is 11.2 Å². The molecule has 0 heterocycles. The van der Waals surface area contributed by atoms with Crippen LogP contribution in [0.1, 0.15) is 32.7 Å². The first-order valence-corrected chi connectivity index (χ1v) is 10.9. The van der Waals surface area contributed by atoms with Gasteiger partial charge in [0.25, 0.3) is 5.91 Å². The van der Waals surface area contributed by atoms with Gasteiger partial charge in [-0.05, 0) is 46.0 Å². The normalized spacial score (nSPS) is 11.6. The Morgan fingerprint density at radius 3 is 2.18 bits per heavy atom. The van der Waals surface area contributed by atoms with E-state index in [-0.39, 0.29) is 12.3 Å². The smallest absolute Gasteiger partial charge is 0.305 e. The van der Waals surface area contributed by atoms with Crippen LogP contribution in [0.2, 0.25) is 0 Å². The van der Waals surface area contributed by atoms with Crippen molar-refractivity contribution in [3.63, 3.8) is 0 Å². The van der Waals surface area contributed by atoms with E-state index in [1.165, 1.54) is 0 Å². The number of carboxylic acid groups (broad SMARTS) is 1. The standard InChI is InChI=1S/C28H24N2O4/c29-27(33)26-23-9-5-4-8-19(23)14-15-24(26)20-10-12-21(13-11-20)28(34)30-22(17-25(31)32)16-18-6-2-1-3-7-18/h1-15,22H,16-17H2,(H2,29,33)(H,30,34)(H,31,32). The van der Waals surface area contributed by atoms with E-state index in [4.69, 9.17) is 5.73 Å². The monoisotopic (exact) mass is 452 g/mol. The quantitative estimate of drug-likeness (QED) is 0.368. The van der Waals surface area contributed by atoms with Gasteiger partial charge in [0.15, 0.2) is 0 Å². The van der Waals surface area contributed by atoms with E-state index < -0.39 is 17.9 Å². The third kappa shape index (κ3) is 5.13. The SMILES string of the molecule is NC(=O)c1c(-c2ccc(C(=O)NC(CC(=O)O)Cc3ccccc3)cc2)ccc2ccccc12. The van der Waals surface area contributed by atoms with Gasteiger partial charge < -0.3 is 16.2 Å². The van der Waals surface area contributed by atoms with E-state index in [0.717, 1.165) is 21.9 Å². The minimum atomic E-state index is -0.980. The second-order valence-electron chi connectivity index (χ2n) is 8.11. The van der Waals surface area contributed by atoms with E-state index in [9.17, 15) is 19.5 Å². The van der Waals surface area contributed by atoms with Crippen molar-refractivity contribution in [2.75, 3.05) is 0 Å². The van der Waals surface area contributed by atoms with Crippen LogP contribution < -0.4 is 11.1 Å². The lowest BCUT2D eigenvalue weighted by Crippen LogP contribution is -2.38. The highest BCUT2D eigenvalue weighted by molar-refractivity contribution is 6.12. The first-order chi connectivity index (χ1) is 16.4. The van der Waals surface area contributed by atoms with Gasteiger partial charge in [-0.2, -0.15) is 0 Å². The molecule has 4 aromatic carbocycles. The molecule has 0 radical (unpaired) electrons. The van der Waals surface area contributed by atoms with Crippen molar-refractivity contribution < 1.29 is 19.5 Å². The first-order valence-electron chi connectivity index (χ1n) is 10.9. The Labute approximate surface area is 197 Å². The van der Waals surface area contributed by atoms with E-state index >= 15 is 0 Å². The number of hydrogen-bond acceptors (Lipinski definition) is 3. The molecule has 0 bridgehead atoms. The highest BCUT2D eigenvalue weighted by atomic mass is 16.4. The maximum absolute atomic E-state index is 12.8. The molecule has 0 spiro atoms. The Morgan fingerprint density at radius 1 is 0.824 bits per heavy atom. The van der Waals surface area contributed by atoms with E-state index in [1.54, 1.807) is 24.3 Å². The number of fused-ring (bicyclic) bond motifs is 1. The third-order valence-corrected chi connectivity index (χ3v) is 5.71. The van der Waals surface area contributed by atoms with E-state index in [0.29, 0.717) is 23.1 Å². The number of nitrogens with two attached hydrogens (primary N) is 1. The number of benzene rings is 4. The molecule has 4 aromatic rings. The zero-order valence-electron chi connectivity index (χ0n) is 18.4. The minimum absolute atomic E-state index is 0.183. The Morgan fingerprint density at radius 2 is 1.50 bits per heavy atom. The fourth-order valence-corrected chi connectivity index (χ4v) is 4.13. The second-order valence-corrected chi connectivity index (χ2v) is 8.11. The van der Waals surface area contributed by atoms with E-state index in [1.807, 2.05) is 66.7 Å². The Kier molecular flexibility index (Phi) is 6.69. The fraction of sp³-hybridized carbons (Fsp3) is 0.107. The molecule has 4 rings (SSSR count). The summed E-state index contributed by atoms with van der Waals surface area (Å²) in [4.78, 5) is 36.4. The molecular weight excluding hydrogens is 428 g/mol. The van der Waals surface area contributed by atoms with Crippen LogP contribution in [0.3, 0.4) is 0 Å². The summed E-state index contributed by atoms with van der Waals surface area (Å²) < 4.78 is 0. The molecule has 0 aliphatic carbocycles. The minimum Gasteiger partial charge on any atom is -0.481 e. The summed E-state index contributed by atoms with van der Waals surface area (Å²) in [6.07, 6.45) is 0.230. The number of carbonyl (C=O) groups is 3. The summed E-state index contributed by atoms with van der Waals surface area (Å²) in [6.45, 7) is 0. The summed E-state index contributed by atoms with van der Waals surface area (Å²) >= 11 is 0. The summed E-state index contributed by atoms with van der Waals surface area (Å²) in [7, 11) is 0. The third-order valence-electron chi connectivity index (χ3n) is 5.71. The predicted octanol–water partition coefficient (Wildman–Crippen LogP) is 4.42. The molecule has 1 unspecified atom stereocenters. The molecule has 0 aliphatic heterocycles. The summed E-state index contributed by atoms with van der Waals surface area (Å²) in [5, 5.41) is 13.8. The topological polar surface area (TPSA) is 109 Å². The first kappa shape index (κ1) is 22.7. The van der Waals surface area contributed by atoms with Crippen LogP contribution in [0, 0.1) is 0 Å². The van der Waals surface area contributed by atoms with Crippen molar-refractivity contribution in [2.45, 2.75) is 18.9 Å². The molecule has 34 heavy (non-hydrogen) atoms. The highest BCUT2D eigenvalue weighted by Crippen LogP contribution is 2.30. The van der Waals surface area contributed by atoms with Crippen LogP contribution in [0.4, 0.5) is 0 Å². The molecule has 6 nitrogen and oxygen atoms in total. The van der Waals surface area contributed by atoms with Gasteiger partial charge in [-0.25, -0.2) is 0 Å². The summed E-state index contributed by atoms with van der Waals surface area (Å²) in [5.74, 6) is -1.86. The molecule has 0 aliphatic rings. The van der Waals surface area contributed by atoms with Crippen LogP contribution >= 0.6 is 0 Å². The summed E-state index contributed by atoms with van der Waals surface area (Å²) in [6, 6.07) is 27.0. The second kappa shape index (κ2) is 10.0. The number of aliphatic carboxylic acids is 1. The van der Waals surface area contributed by atoms with Gasteiger partial charge in [0.2, 0.25) is 5.91 Å². The number of carbonyl (C=O) groups excluding carboxylic acids is 2. The van der Waals surface area contributed by atoms with Crippen molar-refractivity contribution in [3.05, 3.63) is 108 Å². The Bertz CT molecular complexity index is 1350. The molecule has 170 valence electrons. The number of carboxylic acids is 1. The zero-order chi connectivity index (χ0) is 24.1. The van der Waals surface area contributed by atoms with Gasteiger partial charge in [0.1, 0.15) is 0 Å². The van der Waals surface area contributed by atoms with Gasteiger partial charge in [-0.3, -0.25) is 14.4 Å². The lowest BCUT2D eigenvalue weighted by molar-refractivity contribution is -0.137. The lowest BCUT2D eigenvalue weighted by Gasteiger charge is -2.17. The van der Waals surface area contributed by atoms with Gasteiger partial charge >= 0.3 is 5.97 Å². The number of rotatable bonds is 8. The van der Waals surface area contributed by atoms with Crippen molar-refractivity contribution in [2.24, 2.45) is 5.73 Å². The van der Waals surface area contributed by atoms with Gasteiger partial charge in [0, 0.05) is 11.6 Å². The Balaban J connectivity index is 1.57. The van der Waals surface area contributed by atoms with Crippen LogP contribution in [0.15, 0.2) is 91.0 Å². The van der Waals surface area contributed by atoms with Crippen LogP contribution in [0.5, 0.6) is 0 Å². The lowest BCUT2D eigenvalue weighted by atomic mass is 9.93. The molecule has 1 atom stereocenters. The van der Waals surface area contributed by atoms with Gasteiger partial charge in [-0.15, -0.1) is 0 Å². The number of primary amides is 1. The number of hydrogen-bond donors (Lipinski definition) is 3. The van der Waals surface area contributed by atoms with Gasteiger partial charge in [-0.1, -0.05) is 78.9 Å². The molecule has 6 heteroatoms. The Hall–Kier alpha value is -4.45. The number of amides is 2. The molecule has 2 amide bonds. The maximum atomic E-state index is 12.8. The molecular formula is C28H24N2O4. The van der Waals surface area contributed by atoms with Crippen molar-refractivity contribution in [3.8, 4) is 11.1 Å². The van der Waals surface area contributed by atoms with Crippen LogP contribution in [-0.4, -0.2) is 28.9 Å². The van der Waals surface area contributed by atoms with Crippen molar-refractivity contribution in [1.29, 1.82) is 0 Å². The fourth-order valence-electron chi connectivity index (χ4n) is 4.13. The maximum Gasteiger partial charge on any atom is 0.305 e. The van der Waals surface area contributed by atoms with Gasteiger partial charge in [0.05, 0.1) is 12.0 Å². The molecule has 0 fully saturated rings. The van der Waals surface area contributed by atoms with Crippen LogP contribution in [0.25, 0.3) is 21.9 Å². The van der Waals surface area contributed by atoms with Crippen molar-refractivity contribution >= 4 is 28.6 Å². The largest absolute Gasteiger partial charge is 0.481 e. The summed E-state index contributed by atoms with van der Waals surface area (Å²) in [5.41, 5.74) is 8.91. The average Bonchev–Trinajstić information content (AvgIpc) is 2.83. The van der Waals surface area contributed by atoms with Crippen molar-refractivity contribution in [1.82, 2.24) is 5.32 Å². The zero-order valence-corrected chi connectivity index (χ0v) is 18.4. The molecule has 0 saturated heterocycles.